The number of rotatable bonds is 7. The first-order chi connectivity index (χ1) is 14.2. The molecule has 1 heterocycles. The highest BCUT2D eigenvalue weighted by Gasteiger charge is 2.43. The van der Waals surface area contributed by atoms with Crippen LogP contribution in [0.5, 0.6) is 5.75 Å². The molecule has 1 amide bonds. The Bertz CT molecular complexity index is 944. The van der Waals surface area contributed by atoms with Gasteiger partial charge in [-0.2, -0.15) is 0 Å². The number of nitrogens with zero attached hydrogens (tertiary/aromatic N) is 3. The predicted molar refractivity (Wildman–Crippen MR) is 115 cm³/mol. The van der Waals surface area contributed by atoms with E-state index in [4.69, 9.17) is 4.74 Å². The second-order valence-corrected chi connectivity index (χ2v) is 9.48. The Morgan fingerprint density at radius 3 is 2.29 bits per heavy atom. The SMILES string of the molecule is Cc1cc(-c2cc(F)c(OCC(C)(CC(C)C)N(C(=O)O)C(C)(C)C)cc2F)ncn1. The Labute approximate surface area is 182 Å². The molecule has 31 heavy (non-hydrogen) atoms. The molecule has 8 heteroatoms. The summed E-state index contributed by atoms with van der Waals surface area (Å²) in [6, 6.07) is 3.57. The van der Waals surface area contributed by atoms with E-state index in [0.29, 0.717) is 12.1 Å². The monoisotopic (exact) mass is 435 g/mol. The number of aryl methyl sites for hydroxylation is 1. The topological polar surface area (TPSA) is 75.5 Å². The van der Waals surface area contributed by atoms with Gasteiger partial charge in [0.25, 0.3) is 0 Å². The van der Waals surface area contributed by atoms with Gasteiger partial charge in [0.05, 0.1) is 11.2 Å². The standard InChI is InChI=1S/C23H31F2N3O3/c1-14(2)11-23(7,28(21(29)30)22(4,5)6)12-31-20-10-17(24)16(9-18(20)25)19-8-15(3)26-13-27-19/h8-10,13-14H,11-12H2,1-7H3,(H,29,30). The van der Waals surface area contributed by atoms with Gasteiger partial charge in [-0.25, -0.2) is 23.5 Å². The third kappa shape index (κ3) is 5.89. The van der Waals surface area contributed by atoms with E-state index in [1.165, 1.54) is 11.2 Å². The highest BCUT2D eigenvalue weighted by atomic mass is 19.1. The fourth-order valence-corrected chi connectivity index (χ4v) is 4.09. The minimum Gasteiger partial charge on any atom is -0.488 e. The Hall–Kier alpha value is -2.77. The van der Waals surface area contributed by atoms with Gasteiger partial charge in [0, 0.05) is 22.9 Å². The van der Waals surface area contributed by atoms with E-state index in [1.807, 2.05) is 13.8 Å². The van der Waals surface area contributed by atoms with Crippen molar-refractivity contribution < 1.29 is 23.4 Å². The van der Waals surface area contributed by atoms with Crippen LogP contribution in [-0.4, -0.2) is 43.8 Å². The van der Waals surface area contributed by atoms with E-state index in [1.54, 1.807) is 40.7 Å². The average molecular weight is 436 g/mol. The summed E-state index contributed by atoms with van der Waals surface area (Å²) in [6.45, 7) is 12.7. The number of aromatic nitrogens is 2. The van der Waals surface area contributed by atoms with Crippen molar-refractivity contribution in [3.05, 3.63) is 41.9 Å². The van der Waals surface area contributed by atoms with Crippen LogP contribution in [0.3, 0.4) is 0 Å². The van der Waals surface area contributed by atoms with Crippen molar-refractivity contribution in [2.45, 2.75) is 66.0 Å². The van der Waals surface area contributed by atoms with E-state index in [0.717, 1.165) is 12.1 Å². The molecule has 0 saturated carbocycles. The molecule has 0 aliphatic heterocycles. The highest BCUT2D eigenvalue weighted by molar-refractivity contribution is 5.67. The van der Waals surface area contributed by atoms with Crippen molar-refractivity contribution in [2.75, 3.05) is 6.61 Å². The normalized spacial score (nSPS) is 13.7. The predicted octanol–water partition coefficient (Wildman–Crippen LogP) is 5.69. The van der Waals surface area contributed by atoms with Crippen LogP contribution in [-0.2, 0) is 0 Å². The number of ether oxygens (including phenoxy) is 1. The largest absolute Gasteiger partial charge is 0.488 e. The molecular weight excluding hydrogens is 404 g/mol. The van der Waals surface area contributed by atoms with Gasteiger partial charge in [0.15, 0.2) is 11.6 Å². The van der Waals surface area contributed by atoms with Crippen molar-refractivity contribution in [1.82, 2.24) is 14.9 Å². The first-order valence-corrected chi connectivity index (χ1v) is 10.2. The number of hydrogen-bond acceptors (Lipinski definition) is 4. The van der Waals surface area contributed by atoms with Crippen molar-refractivity contribution >= 4 is 6.09 Å². The summed E-state index contributed by atoms with van der Waals surface area (Å²) in [5.41, 5.74) is -0.765. The van der Waals surface area contributed by atoms with Gasteiger partial charge in [-0.1, -0.05) is 13.8 Å². The van der Waals surface area contributed by atoms with E-state index in [2.05, 4.69) is 9.97 Å². The molecule has 2 aromatic rings. The van der Waals surface area contributed by atoms with E-state index in [9.17, 15) is 18.7 Å². The molecule has 2 rings (SSSR count). The lowest BCUT2D eigenvalue weighted by Crippen LogP contribution is -2.61. The number of halogens is 2. The fourth-order valence-electron chi connectivity index (χ4n) is 4.09. The van der Waals surface area contributed by atoms with Crippen LogP contribution in [0.2, 0.25) is 0 Å². The molecular formula is C23H31F2N3O3. The maximum absolute atomic E-state index is 14.8. The number of hydrogen-bond donors (Lipinski definition) is 1. The molecule has 0 radical (unpaired) electrons. The Balaban J connectivity index is 2.37. The summed E-state index contributed by atoms with van der Waals surface area (Å²) in [5.74, 6) is -1.56. The van der Waals surface area contributed by atoms with E-state index in [-0.39, 0.29) is 29.5 Å². The quantitative estimate of drug-likeness (QED) is 0.604. The smallest absolute Gasteiger partial charge is 0.408 e. The van der Waals surface area contributed by atoms with Crippen LogP contribution in [0.25, 0.3) is 11.3 Å². The van der Waals surface area contributed by atoms with E-state index < -0.39 is 28.8 Å². The molecule has 0 bridgehead atoms. The van der Waals surface area contributed by atoms with Gasteiger partial charge < -0.3 is 9.84 Å². The van der Waals surface area contributed by atoms with Crippen LogP contribution >= 0.6 is 0 Å². The first-order valence-electron chi connectivity index (χ1n) is 10.2. The van der Waals surface area contributed by atoms with Crippen LogP contribution in [0, 0.1) is 24.5 Å². The molecule has 1 aromatic carbocycles. The van der Waals surface area contributed by atoms with Crippen LogP contribution < -0.4 is 4.74 Å². The van der Waals surface area contributed by atoms with E-state index >= 15 is 0 Å². The molecule has 0 fully saturated rings. The summed E-state index contributed by atoms with van der Waals surface area (Å²) < 4.78 is 35.2. The molecule has 1 aromatic heterocycles. The zero-order chi connectivity index (χ0) is 23.6. The van der Waals surface area contributed by atoms with Gasteiger partial charge >= 0.3 is 6.09 Å². The maximum atomic E-state index is 14.8. The Morgan fingerprint density at radius 1 is 1.13 bits per heavy atom. The van der Waals surface area contributed by atoms with Gasteiger partial charge in [0.2, 0.25) is 0 Å². The fraction of sp³-hybridized carbons (Fsp3) is 0.522. The number of carboxylic acid groups (broad SMARTS) is 1. The van der Waals surface area contributed by atoms with Crippen LogP contribution in [0.1, 0.15) is 53.7 Å². The minimum atomic E-state index is -1.10. The minimum absolute atomic E-state index is 0.00199. The maximum Gasteiger partial charge on any atom is 0.408 e. The van der Waals surface area contributed by atoms with Gasteiger partial charge in [-0.15, -0.1) is 0 Å². The summed E-state index contributed by atoms with van der Waals surface area (Å²) in [7, 11) is 0. The summed E-state index contributed by atoms with van der Waals surface area (Å²) in [5, 5.41) is 9.86. The number of amides is 1. The zero-order valence-corrected chi connectivity index (χ0v) is 19.2. The van der Waals surface area contributed by atoms with Crippen LogP contribution in [0.4, 0.5) is 13.6 Å². The average Bonchev–Trinajstić information content (AvgIpc) is 2.59. The molecule has 1 unspecified atom stereocenters. The zero-order valence-electron chi connectivity index (χ0n) is 19.2. The molecule has 1 N–H and O–H groups in total. The molecule has 0 aliphatic carbocycles. The third-order valence-corrected chi connectivity index (χ3v) is 4.89. The third-order valence-electron chi connectivity index (χ3n) is 4.89. The van der Waals surface area contributed by atoms with Gasteiger partial charge in [-0.3, -0.25) is 4.90 Å². The molecule has 1 atom stereocenters. The van der Waals surface area contributed by atoms with Crippen molar-refractivity contribution in [3.63, 3.8) is 0 Å². The molecule has 6 nitrogen and oxygen atoms in total. The van der Waals surface area contributed by atoms with Crippen molar-refractivity contribution in [2.24, 2.45) is 5.92 Å². The molecule has 0 spiro atoms. The van der Waals surface area contributed by atoms with Gasteiger partial charge in [0.1, 0.15) is 18.8 Å². The Morgan fingerprint density at radius 2 is 1.77 bits per heavy atom. The second kappa shape index (κ2) is 9.16. The van der Waals surface area contributed by atoms with Gasteiger partial charge in [-0.05, 0) is 59.1 Å². The molecule has 170 valence electrons. The molecule has 0 aliphatic rings. The number of carbonyl (C=O) groups is 1. The lowest BCUT2D eigenvalue weighted by molar-refractivity contribution is -0.0115. The summed E-state index contributed by atoms with van der Waals surface area (Å²) in [6.07, 6.45) is 0.677. The summed E-state index contributed by atoms with van der Waals surface area (Å²) >= 11 is 0. The highest BCUT2D eigenvalue weighted by Crippen LogP contribution is 2.34. The second-order valence-electron chi connectivity index (χ2n) is 9.48. The number of benzene rings is 1. The summed E-state index contributed by atoms with van der Waals surface area (Å²) in [4.78, 5) is 21.3. The first kappa shape index (κ1) is 24.5. The van der Waals surface area contributed by atoms with Crippen molar-refractivity contribution in [3.8, 4) is 17.0 Å². The van der Waals surface area contributed by atoms with Crippen LogP contribution in [0.15, 0.2) is 24.5 Å². The Kier molecular flexibility index (Phi) is 7.24. The lowest BCUT2D eigenvalue weighted by atomic mass is 9.86. The van der Waals surface area contributed by atoms with Crippen molar-refractivity contribution in [1.29, 1.82) is 0 Å². The lowest BCUT2D eigenvalue weighted by Gasteiger charge is -2.47. The molecule has 0 saturated heterocycles.